The van der Waals surface area contributed by atoms with Crippen LogP contribution in [0.4, 0.5) is 23.7 Å². The standard InChI is InChI=1S/C32H34F3N5O/c1-5-19-9-7-10-20(6-2)29(19)40-30(23-16-26(35)28(17-25(23)34)37-31(36)41)24-18-39(14-13-27(24)38-40)32(3,4)21-11-8-12-22(33)15-21/h7-12,15-17H,5-6,13-14,18H2,1-4H3,(H3,36,37,41). The minimum absolute atomic E-state index is 0.0321. The Bertz CT molecular complexity index is 1610. The van der Waals surface area contributed by atoms with Crippen molar-refractivity contribution in [2.24, 2.45) is 5.73 Å². The van der Waals surface area contributed by atoms with E-state index in [1.807, 2.05) is 38.1 Å². The molecule has 4 aromatic rings. The van der Waals surface area contributed by atoms with Crippen LogP contribution in [0.15, 0.2) is 54.6 Å². The summed E-state index contributed by atoms with van der Waals surface area (Å²) in [7, 11) is 0. The van der Waals surface area contributed by atoms with Crippen LogP contribution in [0.5, 0.6) is 0 Å². The van der Waals surface area contributed by atoms with Gasteiger partial charge in [-0.2, -0.15) is 5.10 Å². The Morgan fingerprint density at radius 2 is 1.68 bits per heavy atom. The molecule has 0 atom stereocenters. The van der Waals surface area contributed by atoms with Gasteiger partial charge >= 0.3 is 6.03 Å². The third kappa shape index (κ3) is 5.22. The summed E-state index contributed by atoms with van der Waals surface area (Å²) < 4.78 is 47.0. The first-order valence-electron chi connectivity index (χ1n) is 13.8. The van der Waals surface area contributed by atoms with E-state index >= 15 is 8.78 Å². The lowest BCUT2D eigenvalue weighted by Gasteiger charge is -2.41. The van der Waals surface area contributed by atoms with Gasteiger partial charge in [-0.1, -0.05) is 44.2 Å². The zero-order valence-corrected chi connectivity index (χ0v) is 23.7. The molecule has 2 amide bonds. The van der Waals surface area contributed by atoms with E-state index in [1.165, 1.54) is 12.1 Å². The minimum atomic E-state index is -0.988. The van der Waals surface area contributed by atoms with Gasteiger partial charge in [0, 0.05) is 42.2 Å². The summed E-state index contributed by atoms with van der Waals surface area (Å²) in [5, 5.41) is 7.15. The molecule has 0 spiro atoms. The molecule has 1 aromatic heterocycles. The number of nitrogens with zero attached hydrogens (tertiary/aromatic N) is 3. The van der Waals surface area contributed by atoms with Crippen LogP contribution >= 0.6 is 0 Å². The average Bonchev–Trinajstić information content (AvgIpc) is 3.32. The summed E-state index contributed by atoms with van der Waals surface area (Å²) in [4.78, 5) is 13.6. The maximum Gasteiger partial charge on any atom is 0.316 e. The van der Waals surface area contributed by atoms with Gasteiger partial charge in [-0.15, -0.1) is 0 Å². The number of amides is 2. The number of hydrogen-bond donors (Lipinski definition) is 2. The van der Waals surface area contributed by atoms with Gasteiger partial charge in [-0.05, 0) is 61.6 Å². The molecule has 6 nitrogen and oxygen atoms in total. The van der Waals surface area contributed by atoms with E-state index in [9.17, 15) is 9.18 Å². The Morgan fingerprint density at radius 1 is 1.00 bits per heavy atom. The van der Waals surface area contributed by atoms with Crippen molar-refractivity contribution in [3.05, 3.63) is 100.0 Å². The van der Waals surface area contributed by atoms with Crippen LogP contribution in [0.2, 0.25) is 0 Å². The summed E-state index contributed by atoms with van der Waals surface area (Å²) in [6.45, 7) is 9.21. The lowest BCUT2D eigenvalue weighted by molar-refractivity contribution is 0.103. The maximum absolute atomic E-state index is 15.9. The number of fused-ring (bicyclic) bond motifs is 1. The highest BCUT2D eigenvalue weighted by atomic mass is 19.1. The van der Waals surface area contributed by atoms with Crippen molar-refractivity contribution < 1.29 is 18.0 Å². The van der Waals surface area contributed by atoms with Crippen LogP contribution in [-0.4, -0.2) is 27.3 Å². The first-order chi connectivity index (χ1) is 19.5. The molecular formula is C32H34F3N5O. The van der Waals surface area contributed by atoms with E-state index in [0.717, 1.165) is 58.6 Å². The SMILES string of the molecule is CCc1cccc(CC)c1-n1nc2c(c1-c1cc(F)c(NC(N)=O)cc1F)CN(C(C)(C)c1cccc(F)c1)CC2. The van der Waals surface area contributed by atoms with Gasteiger partial charge in [0.2, 0.25) is 0 Å². The van der Waals surface area contributed by atoms with Crippen LogP contribution < -0.4 is 11.1 Å². The Labute approximate surface area is 238 Å². The summed E-state index contributed by atoms with van der Waals surface area (Å²) in [6.07, 6.45) is 2.03. The number of hydrogen-bond acceptors (Lipinski definition) is 3. The molecular weight excluding hydrogens is 527 g/mol. The quantitative estimate of drug-likeness (QED) is 0.259. The van der Waals surface area contributed by atoms with Crippen LogP contribution in [0.25, 0.3) is 16.9 Å². The highest BCUT2D eigenvalue weighted by Crippen LogP contribution is 2.40. The fourth-order valence-electron chi connectivity index (χ4n) is 5.78. The number of anilines is 1. The average molecular weight is 562 g/mol. The predicted molar refractivity (Wildman–Crippen MR) is 154 cm³/mol. The molecule has 0 bridgehead atoms. The second kappa shape index (κ2) is 11.0. The summed E-state index contributed by atoms with van der Waals surface area (Å²) in [6, 6.07) is 13.6. The topological polar surface area (TPSA) is 76.2 Å². The maximum atomic E-state index is 15.9. The molecule has 0 aliphatic carbocycles. The molecule has 1 aliphatic rings. The number of nitrogens with one attached hydrogen (secondary N) is 1. The normalized spacial score (nSPS) is 13.7. The second-order valence-corrected chi connectivity index (χ2v) is 10.9. The van der Waals surface area contributed by atoms with Gasteiger partial charge in [0.25, 0.3) is 0 Å². The molecule has 41 heavy (non-hydrogen) atoms. The number of carbonyl (C=O) groups is 1. The van der Waals surface area contributed by atoms with Crippen LogP contribution in [-0.2, 0) is 31.3 Å². The van der Waals surface area contributed by atoms with Gasteiger partial charge in [-0.25, -0.2) is 22.6 Å². The molecule has 9 heteroatoms. The minimum Gasteiger partial charge on any atom is -0.351 e. The van der Waals surface area contributed by atoms with Crippen molar-refractivity contribution in [3.8, 4) is 16.9 Å². The van der Waals surface area contributed by atoms with Crippen LogP contribution in [0.1, 0.15) is 55.6 Å². The number of primary amides is 1. The largest absolute Gasteiger partial charge is 0.351 e. The molecule has 0 fully saturated rings. The summed E-state index contributed by atoms with van der Waals surface area (Å²) in [5.74, 6) is -1.84. The number of aryl methyl sites for hydroxylation is 2. The number of rotatable bonds is 7. The highest BCUT2D eigenvalue weighted by molar-refractivity contribution is 5.88. The number of nitrogens with two attached hydrogens (primary N) is 1. The van der Waals surface area contributed by atoms with Gasteiger partial charge in [0.1, 0.15) is 17.5 Å². The fourth-order valence-corrected chi connectivity index (χ4v) is 5.78. The van der Waals surface area contributed by atoms with Crippen molar-refractivity contribution in [3.63, 3.8) is 0 Å². The molecule has 3 aromatic carbocycles. The number of aromatic nitrogens is 2. The summed E-state index contributed by atoms with van der Waals surface area (Å²) in [5.41, 5.74) is 10.1. The molecule has 1 aliphatic heterocycles. The molecule has 0 saturated heterocycles. The molecule has 0 saturated carbocycles. The van der Waals surface area contributed by atoms with E-state index < -0.39 is 23.2 Å². The molecule has 0 unspecified atom stereocenters. The summed E-state index contributed by atoms with van der Waals surface area (Å²) >= 11 is 0. The first kappa shape index (κ1) is 28.4. The van der Waals surface area contributed by atoms with Gasteiger partial charge in [0.15, 0.2) is 0 Å². The molecule has 5 rings (SSSR count). The van der Waals surface area contributed by atoms with Crippen molar-refractivity contribution in [1.82, 2.24) is 14.7 Å². The number of benzene rings is 3. The third-order valence-electron chi connectivity index (χ3n) is 8.10. The Kier molecular flexibility index (Phi) is 7.66. The predicted octanol–water partition coefficient (Wildman–Crippen LogP) is 6.87. The fraction of sp³-hybridized carbons (Fsp3) is 0.312. The second-order valence-electron chi connectivity index (χ2n) is 10.9. The van der Waals surface area contributed by atoms with Gasteiger partial charge in [-0.3, -0.25) is 4.90 Å². The lowest BCUT2D eigenvalue weighted by Crippen LogP contribution is -2.44. The number of carbonyl (C=O) groups excluding carboxylic acids is 1. The molecule has 2 heterocycles. The number of para-hydroxylation sites is 1. The zero-order chi connectivity index (χ0) is 29.5. The van der Waals surface area contributed by atoms with E-state index in [1.54, 1.807) is 10.7 Å². The van der Waals surface area contributed by atoms with Gasteiger partial charge in [0.05, 0.1) is 22.8 Å². The van der Waals surface area contributed by atoms with E-state index in [-0.39, 0.29) is 17.1 Å². The van der Waals surface area contributed by atoms with Gasteiger partial charge < -0.3 is 11.1 Å². The van der Waals surface area contributed by atoms with E-state index in [0.29, 0.717) is 25.2 Å². The van der Waals surface area contributed by atoms with E-state index in [4.69, 9.17) is 10.8 Å². The Balaban J connectivity index is 1.73. The van der Waals surface area contributed by atoms with E-state index in [2.05, 4.69) is 24.1 Å². The monoisotopic (exact) mass is 561 g/mol. The third-order valence-corrected chi connectivity index (χ3v) is 8.10. The Hall–Kier alpha value is -4.11. The molecule has 0 radical (unpaired) electrons. The molecule has 3 N–H and O–H groups in total. The number of urea groups is 1. The Morgan fingerprint density at radius 3 is 2.32 bits per heavy atom. The number of halogens is 3. The molecule has 214 valence electrons. The van der Waals surface area contributed by atoms with Crippen molar-refractivity contribution >= 4 is 11.7 Å². The lowest BCUT2D eigenvalue weighted by atomic mass is 9.89. The van der Waals surface area contributed by atoms with Crippen molar-refractivity contribution in [1.29, 1.82) is 0 Å². The zero-order valence-electron chi connectivity index (χ0n) is 23.7. The highest BCUT2D eigenvalue weighted by Gasteiger charge is 2.36. The first-order valence-corrected chi connectivity index (χ1v) is 13.8. The smallest absolute Gasteiger partial charge is 0.316 e. The van der Waals surface area contributed by atoms with Crippen molar-refractivity contribution in [2.45, 2.75) is 59.0 Å². The van der Waals surface area contributed by atoms with Crippen LogP contribution in [0, 0.1) is 17.5 Å². The van der Waals surface area contributed by atoms with Crippen molar-refractivity contribution in [2.75, 3.05) is 11.9 Å². The van der Waals surface area contributed by atoms with Crippen LogP contribution in [0.3, 0.4) is 0 Å².